The van der Waals surface area contributed by atoms with Crippen LogP contribution in [0, 0.1) is 0 Å². The summed E-state index contributed by atoms with van der Waals surface area (Å²) in [4.78, 5) is 0. The first-order valence-electron chi connectivity index (χ1n) is 5.50. The van der Waals surface area contributed by atoms with Gasteiger partial charge in [0.2, 0.25) is 5.82 Å². The SMILES string of the molecule is OCc1ccc(C2NNN=C2c2nn[nH]n2)cc1Cl. The zero-order chi connectivity index (χ0) is 13.2. The number of hydrogen-bond donors (Lipinski definition) is 4. The van der Waals surface area contributed by atoms with Gasteiger partial charge in [-0.3, -0.25) is 0 Å². The van der Waals surface area contributed by atoms with Crippen LogP contribution in [0.15, 0.2) is 23.3 Å². The third kappa shape index (κ3) is 2.16. The van der Waals surface area contributed by atoms with Gasteiger partial charge in [-0.1, -0.05) is 23.7 Å². The van der Waals surface area contributed by atoms with Gasteiger partial charge < -0.3 is 5.11 Å². The smallest absolute Gasteiger partial charge is 0.222 e. The number of hydrazone groups is 1. The highest BCUT2D eigenvalue weighted by atomic mass is 35.5. The maximum Gasteiger partial charge on any atom is 0.222 e. The van der Waals surface area contributed by atoms with Crippen LogP contribution in [-0.2, 0) is 6.61 Å². The van der Waals surface area contributed by atoms with Crippen LogP contribution >= 0.6 is 11.6 Å². The molecule has 1 unspecified atom stereocenters. The van der Waals surface area contributed by atoms with Crippen molar-refractivity contribution in [1.29, 1.82) is 0 Å². The predicted octanol–water partition coefficient (Wildman–Crippen LogP) is -0.101. The average molecular weight is 280 g/mol. The topological polar surface area (TPSA) is 111 Å². The highest BCUT2D eigenvalue weighted by Gasteiger charge is 2.27. The minimum absolute atomic E-state index is 0.0960. The van der Waals surface area contributed by atoms with E-state index in [4.69, 9.17) is 16.7 Å². The number of H-pyrrole nitrogens is 1. The summed E-state index contributed by atoms with van der Waals surface area (Å²) in [6.45, 7) is -0.0960. The Morgan fingerprint density at radius 3 is 2.95 bits per heavy atom. The molecule has 1 aromatic carbocycles. The molecular weight excluding hydrogens is 270 g/mol. The Bertz CT molecular complexity index is 612. The molecule has 2 aromatic rings. The van der Waals surface area contributed by atoms with Gasteiger partial charge in [-0.05, 0) is 22.4 Å². The van der Waals surface area contributed by atoms with E-state index >= 15 is 0 Å². The fourth-order valence-corrected chi connectivity index (χ4v) is 2.10. The first-order valence-corrected chi connectivity index (χ1v) is 5.88. The molecule has 0 bridgehead atoms. The number of hydrazine groups is 1. The minimum Gasteiger partial charge on any atom is -0.392 e. The lowest BCUT2D eigenvalue weighted by Crippen LogP contribution is -2.28. The number of nitrogens with zero attached hydrogens (tertiary/aromatic N) is 4. The maximum atomic E-state index is 9.11. The Hall–Kier alpha value is -2.03. The Kier molecular flexibility index (Phi) is 3.11. The van der Waals surface area contributed by atoms with Gasteiger partial charge in [0.1, 0.15) is 11.8 Å². The number of aliphatic hydroxyl groups excluding tert-OH is 1. The number of aromatic nitrogens is 4. The number of aliphatic hydroxyl groups is 1. The van der Waals surface area contributed by atoms with Crippen LogP contribution in [0.25, 0.3) is 0 Å². The molecule has 8 nitrogen and oxygen atoms in total. The Balaban J connectivity index is 1.94. The summed E-state index contributed by atoms with van der Waals surface area (Å²) in [6, 6.07) is 5.17. The van der Waals surface area contributed by atoms with E-state index in [1.807, 2.05) is 6.07 Å². The summed E-state index contributed by atoms with van der Waals surface area (Å²) in [7, 11) is 0. The summed E-state index contributed by atoms with van der Waals surface area (Å²) in [5.74, 6) is 0.407. The first-order chi connectivity index (χ1) is 9.29. The van der Waals surface area contributed by atoms with Crippen molar-refractivity contribution in [2.75, 3.05) is 0 Å². The van der Waals surface area contributed by atoms with Gasteiger partial charge in [0.15, 0.2) is 0 Å². The van der Waals surface area contributed by atoms with Crippen LogP contribution < -0.4 is 11.0 Å². The average Bonchev–Trinajstić information content (AvgIpc) is 3.09. The molecule has 1 aromatic heterocycles. The lowest BCUT2D eigenvalue weighted by molar-refractivity contribution is 0.282. The molecule has 1 aliphatic rings. The third-order valence-corrected chi connectivity index (χ3v) is 3.17. The van der Waals surface area contributed by atoms with Crippen LogP contribution in [0.1, 0.15) is 23.0 Å². The lowest BCUT2D eigenvalue weighted by Gasteiger charge is -2.12. The van der Waals surface area contributed by atoms with E-state index in [0.717, 1.165) is 5.56 Å². The summed E-state index contributed by atoms with van der Waals surface area (Å²) in [5, 5.41) is 27.4. The van der Waals surface area contributed by atoms with Crippen molar-refractivity contribution in [2.45, 2.75) is 12.6 Å². The van der Waals surface area contributed by atoms with Gasteiger partial charge in [0.25, 0.3) is 0 Å². The summed E-state index contributed by atoms with van der Waals surface area (Å²) < 4.78 is 0. The molecule has 1 aliphatic heterocycles. The molecule has 0 saturated carbocycles. The number of nitrogens with one attached hydrogen (secondary N) is 3. The van der Waals surface area contributed by atoms with Crippen LogP contribution in [0.4, 0.5) is 0 Å². The van der Waals surface area contributed by atoms with Crippen molar-refractivity contribution in [3.63, 3.8) is 0 Å². The number of tetrazole rings is 1. The zero-order valence-electron chi connectivity index (χ0n) is 9.63. The molecule has 0 saturated heterocycles. The summed E-state index contributed by atoms with van der Waals surface area (Å²) >= 11 is 6.08. The van der Waals surface area contributed by atoms with Gasteiger partial charge in [-0.15, -0.1) is 10.2 Å². The minimum atomic E-state index is -0.233. The second-order valence-corrected chi connectivity index (χ2v) is 4.34. The van der Waals surface area contributed by atoms with Crippen molar-refractivity contribution >= 4 is 17.3 Å². The monoisotopic (exact) mass is 279 g/mol. The molecule has 3 rings (SSSR count). The summed E-state index contributed by atoms with van der Waals surface area (Å²) in [5.41, 5.74) is 7.83. The second-order valence-electron chi connectivity index (χ2n) is 3.93. The Morgan fingerprint density at radius 1 is 1.37 bits per heavy atom. The van der Waals surface area contributed by atoms with Gasteiger partial charge in [0, 0.05) is 5.02 Å². The highest BCUT2D eigenvalue weighted by molar-refractivity contribution is 6.31. The Morgan fingerprint density at radius 2 is 2.26 bits per heavy atom. The molecule has 4 N–H and O–H groups in total. The van der Waals surface area contributed by atoms with Crippen molar-refractivity contribution < 1.29 is 5.11 Å². The molecule has 0 amide bonds. The van der Waals surface area contributed by atoms with Crippen LogP contribution in [0.5, 0.6) is 0 Å². The van der Waals surface area contributed by atoms with Crippen LogP contribution in [-0.4, -0.2) is 31.4 Å². The van der Waals surface area contributed by atoms with Crippen LogP contribution in [0.3, 0.4) is 0 Å². The van der Waals surface area contributed by atoms with Crippen molar-refractivity contribution in [2.24, 2.45) is 5.10 Å². The fraction of sp³-hybridized carbons (Fsp3) is 0.200. The molecule has 0 spiro atoms. The van der Waals surface area contributed by atoms with E-state index < -0.39 is 0 Å². The van der Waals surface area contributed by atoms with Gasteiger partial charge in [0.05, 0.1) is 6.61 Å². The molecule has 2 heterocycles. The number of rotatable bonds is 3. The van der Waals surface area contributed by atoms with E-state index in [0.29, 0.717) is 22.1 Å². The third-order valence-electron chi connectivity index (χ3n) is 2.81. The second kappa shape index (κ2) is 4.92. The van der Waals surface area contributed by atoms with Crippen LogP contribution in [0.2, 0.25) is 5.02 Å². The summed E-state index contributed by atoms with van der Waals surface area (Å²) in [6.07, 6.45) is 0. The number of benzene rings is 1. The normalized spacial score (nSPS) is 18.2. The van der Waals surface area contributed by atoms with E-state index in [2.05, 4.69) is 36.7 Å². The maximum absolute atomic E-state index is 9.11. The Labute approximate surface area is 112 Å². The van der Waals surface area contributed by atoms with E-state index in [1.165, 1.54) is 0 Å². The molecule has 9 heteroatoms. The quantitative estimate of drug-likeness (QED) is 0.624. The number of aromatic amines is 1. The molecule has 1 atom stereocenters. The highest BCUT2D eigenvalue weighted by Crippen LogP contribution is 2.25. The first kappa shape index (κ1) is 12.0. The number of halogens is 1. The van der Waals surface area contributed by atoms with Crippen molar-refractivity contribution in [3.05, 3.63) is 40.2 Å². The predicted molar refractivity (Wildman–Crippen MR) is 67.1 cm³/mol. The lowest BCUT2D eigenvalue weighted by atomic mass is 10.0. The number of hydrogen-bond acceptors (Lipinski definition) is 7. The fourth-order valence-electron chi connectivity index (χ4n) is 1.85. The molecule has 0 fully saturated rings. The standard InChI is InChI=1S/C10H10ClN7O/c11-7-3-5(1-2-6(7)4-19)8-9(13-16-12-8)10-14-17-18-15-10/h1-3,8,12,16,19H,4H2,(H,14,15,17,18). The van der Waals surface area contributed by atoms with Gasteiger partial charge in [-0.25, -0.2) is 11.0 Å². The molecule has 0 aliphatic carbocycles. The molecule has 98 valence electrons. The van der Waals surface area contributed by atoms with E-state index in [-0.39, 0.29) is 12.6 Å². The molecular formula is C10H10ClN7O. The molecule has 19 heavy (non-hydrogen) atoms. The van der Waals surface area contributed by atoms with E-state index in [1.54, 1.807) is 12.1 Å². The van der Waals surface area contributed by atoms with E-state index in [9.17, 15) is 0 Å². The zero-order valence-corrected chi connectivity index (χ0v) is 10.4. The largest absolute Gasteiger partial charge is 0.392 e. The van der Waals surface area contributed by atoms with Crippen molar-refractivity contribution in [1.82, 2.24) is 31.6 Å². The van der Waals surface area contributed by atoms with Crippen molar-refractivity contribution in [3.8, 4) is 0 Å². The molecule has 0 radical (unpaired) electrons. The van der Waals surface area contributed by atoms with Gasteiger partial charge >= 0.3 is 0 Å². The van der Waals surface area contributed by atoms with Gasteiger partial charge in [-0.2, -0.15) is 10.3 Å².